The monoisotopic (exact) mass is 414 g/mol. The van der Waals surface area contributed by atoms with Gasteiger partial charge in [0.2, 0.25) is 0 Å². The van der Waals surface area contributed by atoms with Gasteiger partial charge in [-0.1, -0.05) is 0 Å². The van der Waals surface area contributed by atoms with Gasteiger partial charge in [0, 0.05) is 17.3 Å². The number of carbonyl (C=O) groups is 6. The van der Waals surface area contributed by atoms with Crippen LogP contribution in [-0.4, -0.2) is 72.4 Å². The topological polar surface area (TPSA) is 130 Å². The minimum atomic E-state index is -0.565. The number of hydrogen-bond acceptors (Lipinski definition) is 9. The molecule has 0 unspecified atom stereocenters. The van der Waals surface area contributed by atoms with Crippen molar-refractivity contribution in [3.8, 4) is 0 Å². The first-order chi connectivity index (χ1) is 12.5. The van der Waals surface area contributed by atoms with E-state index in [9.17, 15) is 28.8 Å². The van der Waals surface area contributed by atoms with Crippen LogP contribution in [0.2, 0.25) is 0 Å². The van der Waals surface area contributed by atoms with Gasteiger partial charge in [-0.05, 0) is 41.5 Å². The van der Waals surface area contributed by atoms with E-state index in [1.54, 1.807) is 20.8 Å². The molecule has 0 atom stereocenters. The summed E-state index contributed by atoms with van der Waals surface area (Å²) < 4.78 is 13.3. The summed E-state index contributed by atoms with van der Waals surface area (Å²) in [5.41, 5.74) is 0. The Morgan fingerprint density at radius 1 is 0.536 bits per heavy atom. The Morgan fingerprint density at radius 3 is 0.821 bits per heavy atom. The summed E-state index contributed by atoms with van der Waals surface area (Å²) in [6.07, 6.45) is 2.76. The molecule has 0 aliphatic carbocycles. The van der Waals surface area contributed by atoms with Crippen LogP contribution in [0.15, 0.2) is 0 Å². The summed E-state index contributed by atoms with van der Waals surface area (Å²) in [4.78, 5) is 61.6. The maximum absolute atomic E-state index is 10.4. The number of ketones is 3. The number of ether oxygens (including phenoxy) is 3. The zero-order valence-electron chi connectivity index (χ0n) is 17.1. The molecule has 0 saturated heterocycles. The molecule has 0 radical (unpaired) electrons. The van der Waals surface area contributed by atoms with Gasteiger partial charge in [0.25, 0.3) is 0 Å². The predicted molar refractivity (Wildman–Crippen MR) is 101 cm³/mol. The maximum Gasteiger partial charge on any atom is 3.00 e. The number of Topliss-reactive ketones (excluding diaryl/α,β-unsaturated/α-hetero) is 3. The second-order valence-corrected chi connectivity index (χ2v) is 4.52. The van der Waals surface area contributed by atoms with Gasteiger partial charge >= 0.3 is 17.4 Å². The van der Waals surface area contributed by atoms with Crippen molar-refractivity contribution >= 4 is 52.6 Å². The molecule has 0 aromatic heterocycles. The van der Waals surface area contributed by atoms with E-state index in [1.807, 2.05) is 0 Å². The van der Waals surface area contributed by atoms with Crippen LogP contribution in [0.4, 0.5) is 0 Å². The molecular formula is C18H27AlO9. The van der Waals surface area contributed by atoms with Gasteiger partial charge in [0.05, 0.1) is 19.8 Å². The van der Waals surface area contributed by atoms with Crippen molar-refractivity contribution in [1.82, 2.24) is 0 Å². The van der Waals surface area contributed by atoms with Crippen LogP contribution >= 0.6 is 0 Å². The zero-order valence-corrected chi connectivity index (χ0v) is 18.3. The number of carbonyl (C=O) groups excluding carboxylic acids is 6. The Kier molecular flexibility index (Phi) is 26.8. The van der Waals surface area contributed by atoms with Gasteiger partial charge in [-0.3, -0.25) is 14.4 Å². The third kappa shape index (κ3) is 34.8. The second-order valence-electron chi connectivity index (χ2n) is 4.52. The van der Waals surface area contributed by atoms with Gasteiger partial charge in [-0.15, -0.1) is 0 Å². The van der Waals surface area contributed by atoms with Gasteiger partial charge < -0.3 is 28.6 Å². The van der Waals surface area contributed by atoms with Crippen molar-refractivity contribution in [1.29, 1.82) is 0 Å². The SMILES string of the molecule is CCOC(=O)[CH-]C(C)=O.CCOC(=O)[CH-]C(C)=O.CCOC(=O)[CH-]C(C)=O.[Al+3]. The molecule has 0 fully saturated rings. The zero-order chi connectivity index (χ0) is 21.8. The Hall–Kier alpha value is -2.44. The fourth-order valence-corrected chi connectivity index (χ4v) is 1.05. The second kappa shape index (κ2) is 22.6. The van der Waals surface area contributed by atoms with Crippen molar-refractivity contribution in [2.75, 3.05) is 19.8 Å². The van der Waals surface area contributed by atoms with E-state index in [0.29, 0.717) is 19.8 Å². The van der Waals surface area contributed by atoms with Crippen LogP contribution < -0.4 is 0 Å². The van der Waals surface area contributed by atoms with Gasteiger partial charge in [0.1, 0.15) is 0 Å². The first-order valence-corrected chi connectivity index (χ1v) is 8.06. The standard InChI is InChI=1S/3C6H9O3.Al/c3*1-3-9-6(8)4-5(2)7;/h3*4H,3H2,1-2H3;/q3*-1;+3. The fraction of sp³-hybridized carbons (Fsp3) is 0.500. The first kappa shape index (κ1) is 33.2. The largest absolute Gasteiger partial charge is 3.00 e. The molecule has 0 bridgehead atoms. The van der Waals surface area contributed by atoms with Gasteiger partial charge in [0.15, 0.2) is 17.9 Å². The summed E-state index contributed by atoms with van der Waals surface area (Å²) in [5.74, 6) is -2.55. The average Bonchev–Trinajstić information content (AvgIpc) is 2.46. The van der Waals surface area contributed by atoms with E-state index in [2.05, 4.69) is 14.2 Å². The van der Waals surface area contributed by atoms with Crippen LogP contribution in [0.1, 0.15) is 41.5 Å². The number of hydrogen-bond donors (Lipinski definition) is 0. The van der Waals surface area contributed by atoms with Crippen molar-refractivity contribution in [2.24, 2.45) is 0 Å². The molecule has 0 aliphatic rings. The van der Waals surface area contributed by atoms with E-state index < -0.39 is 17.9 Å². The van der Waals surface area contributed by atoms with Crippen LogP contribution in [0.5, 0.6) is 0 Å². The van der Waals surface area contributed by atoms with Crippen molar-refractivity contribution in [2.45, 2.75) is 41.5 Å². The summed E-state index contributed by atoms with van der Waals surface area (Å²) in [6.45, 7) is 9.89. The Labute approximate surface area is 176 Å². The Morgan fingerprint density at radius 2 is 0.714 bits per heavy atom. The van der Waals surface area contributed by atoms with Crippen LogP contribution in [0.3, 0.4) is 0 Å². The van der Waals surface area contributed by atoms with Gasteiger partial charge in [-0.2, -0.15) is 0 Å². The molecule has 0 aromatic rings. The van der Waals surface area contributed by atoms with Crippen molar-refractivity contribution < 1.29 is 43.0 Å². The molecule has 0 spiro atoms. The summed E-state index contributed by atoms with van der Waals surface area (Å²) >= 11 is 0. The summed E-state index contributed by atoms with van der Waals surface area (Å²) in [7, 11) is 0. The molecule has 0 N–H and O–H groups in total. The van der Waals surface area contributed by atoms with Crippen molar-refractivity contribution in [3.63, 3.8) is 0 Å². The van der Waals surface area contributed by atoms with E-state index >= 15 is 0 Å². The summed E-state index contributed by atoms with van der Waals surface area (Å²) in [6, 6.07) is 0. The van der Waals surface area contributed by atoms with Crippen LogP contribution in [0, 0.1) is 19.3 Å². The predicted octanol–water partition coefficient (Wildman–Crippen LogP) is 0.648. The molecule has 28 heavy (non-hydrogen) atoms. The fourth-order valence-electron chi connectivity index (χ4n) is 1.05. The van der Waals surface area contributed by atoms with Crippen LogP contribution in [-0.2, 0) is 43.0 Å². The molecule has 0 rings (SSSR count). The van der Waals surface area contributed by atoms with Gasteiger partial charge in [-0.25, -0.2) is 19.3 Å². The van der Waals surface area contributed by atoms with Crippen LogP contribution in [0.25, 0.3) is 0 Å². The maximum atomic E-state index is 10.4. The normalized spacial score (nSPS) is 7.93. The van der Waals surface area contributed by atoms with Crippen molar-refractivity contribution in [3.05, 3.63) is 19.3 Å². The molecular weight excluding hydrogens is 387 g/mol. The first-order valence-electron chi connectivity index (χ1n) is 8.06. The smallest absolute Gasteiger partial charge is 0.488 e. The van der Waals surface area contributed by atoms with E-state index in [4.69, 9.17) is 0 Å². The third-order valence-corrected chi connectivity index (χ3v) is 1.82. The minimum absolute atomic E-state index is 0. The molecule has 0 aromatic carbocycles. The van der Waals surface area contributed by atoms with E-state index in [0.717, 1.165) is 19.3 Å². The Bertz CT molecular complexity index is 430. The molecule has 0 heterocycles. The average molecular weight is 414 g/mol. The quantitative estimate of drug-likeness (QED) is 0.175. The molecule has 10 heteroatoms. The summed E-state index contributed by atoms with van der Waals surface area (Å²) in [5, 5.41) is 0. The molecule has 9 nitrogen and oxygen atoms in total. The molecule has 0 saturated carbocycles. The van der Waals surface area contributed by atoms with E-state index in [-0.39, 0.29) is 34.7 Å². The third-order valence-electron chi connectivity index (χ3n) is 1.82. The molecule has 0 amide bonds. The number of rotatable bonds is 9. The Balaban J connectivity index is -0.000000152. The molecule has 0 aliphatic heterocycles. The number of esters is 3. The van der Waals surface area contributed by atoms with E-state index in [1.165, 1.54) is 20.8 Å². The minimum Gasteiger partial charge on any atom is -0.488 e. The molecule has 156 valence electrons.